The van der Waals surface area contributed by atoms with Crippen LogP contribution < -0.4 is 5.32 Å². The van der Waals surface area contributed by atoms with Crippen LogP contribution in [0.3, 0.4) is 0 Å². The lowest BCUT2D eigenvalue weighted by molar-refractivity contribution is 0.00275. The van der Waals surface area contributed by atoms with Gasteiger partial charge in [0.05, 0.1) is 32.8 Å². The third kappa shape index (κ3) is 6.01. The van der Waals surface area contributed by atoms with E-state index in [1.807, 2.05) is 6.07 Å². The van der Waals surface area contributed by atoms with Gasteiger partial charge in [-0.2, -0.15) is 10.4 Å². The Bertz CT molecular complexity index is 2060. The molecule has 6 rings (SSSR count). The van der Waals surface area contributed by atoms with Gasteiger partial charge in [0.1, 0.15) is 33.9 Å². The number of carbonyl (C=O) groups is 3. The second-order valence-corrected chi connectivity index (χ2v) is 15.1. The Morgan fingerprint density at radius 1 is 1.04 bits per heavy atom. The van der Waals surface area contributed by atoms with Crippen molar-refractivity contribution in [3.63, 3.8) is 0 Å². The summed E-state index contributed by atoms with van der Waals surface area (Å²) in [5.74, 6) is -1.96. The predicted molar refractivity (Wildman–Crippen MR) is 177 cm³/mol. The number of aryl methyl sites for hydroxylation is 1. The number of fused-ring (bicyclic) bond motifs is 2. The van der Waals surface area contributed by atoms with E-state index in [1.165, 1.54) is 6.07 Å². The van der Waals surface area contributed by atoms with Crippen LogP contribution in [0.25, 0.3) is 32.1 Å². The fourth-order valence-corrected chi connectivity index (χ4v) is 7.51. The molecule has 15 heteroatoms. The maximum atomic E-state index is 16.5. The van der Waals surface area contributed by atoms with Gasteiger partial charge in [0, 0.05) is 37.1 Å². The Balaban J connectivity index is 1.45. The fourth-order valence-electron chi connectivity index (χ4n) is 6.16. The highest BCUT2D eigenvalue weighted by Gasteiger charge is 2.38. The quantitative estimate of drug-likeness (QED) is 0.229. The molecule has 1 fully saturated rings. The van der Waals surface area contributed by atoms with Crippen molar-refractivity contribution in [3.8, 4) is 17.2 Å². The zero-order chi connectivity index (χ0) is 34.9. The molecule has 11 nitrogen and oxygen atoms in total. The summed E-state index contributed by atoms with van der Waals surface area (Å²) in [5.41, 5.74) is -1.18. The molecule has 2 aliphatic rings. The molecule has 0 radical (unpaired) electrons. The minimum atomic E-state index is -0.840. The van der Waals surface area contributed by atoms with Crippen molar-refractivity contribution in [3.05, 3.63) is 46.1 Å². The van der Waals surface area contributed by atoms with Gasteiger partial charge in [-0.25, -0.2) is 18.4 Å². The number of piperazine rings is 1. The Morgan fingerprint density at radius 3 is 2.42 bits per heavy atom. The molecule has 1 saturated heterocycles. The second-order valence-electron chi connectivity index (χ2n) is 13.7. The largest absolute Gasteiger partial charge is 0.444 e. The minimum absolute atomic E-state index is 0.0122. The van der Waals surface area contributed by atoms with E-state index in [0.717, 1.165) is 23.5 Å². The number of halogens is 3. The molecular formula is C33H33ClF2N6O5S. The third-order valence-corrected chi connectivity index (χ3v) is 9.39. The van der Waals surface area contributed by atoms with E-state index >= 15 is 8.78 Å². The number of hydrogen-bond donors (Lipinski definition) is 1. The first kappa shape index (κ1) is 33.4. The van der Waals surface area contributed by atoms with Gasteiger partial charge < -0.3 is 19.3 Å². The molecule has 0 bridgehead atoms. The molecule has 0 unspecified atom stereocenters. The van der Waals surface area contributed by atoms with Crippen LogP contribution in [0.2, 0.25) is 5.15 Å². The van der Waals surface area contributed by atoms with Crippen molar-refractivity contribution in [2.75, 3.05) is 25.0 Å². The van der Waals surface area contributed by atoms with Crippen molar-refractivity contribution in [2.24, 2.45) is 0 Å². The Morgan fingerprint density at radius 2 is 1.75 bits per heavy atom. The number of hydrogen-bond acceptors (Lipinski definition) is 8. The minimum Gasteiger partial charge on any atom is -0.444 e. The summed E-state index contributed by atoms with van der Waals surface area (Å²) in [6, 6.07) is 5.24. The van der Waals surface area contributed by atoms with E-state index in [4.69, 9.17) is 21.1 Å². The normalized spacial score (nSPS) is 16.8. The van der Waals surface area contributed by atoms with Crippen molar-refractivity contribution >= 4 is 67.0 Å². The van der Waals surface area contributed by atoms with E-state index in [2.05, 4.69) is 10.4 Å². The number of benzene rings is 2. The molecule has 0 saturated carbocycles. The molecule has 252 valence electrons. The Hall–Kier alpha value is -4.48. The number of thiophene rings is 1. The zero-order valence-corrected chi connectivity index (χ0v) is 28.7. The molecule has 2 aromatic carbocycles. The topological polar surface area (TPSA) is 130 Å². The number of amides is 3. The molecule has 1 N–H and O–H groups in total. The van der Waals surface area contributed by atoms with Crippen LogP contribution >= 0.6 is 22.9 Å². The van der Waals surface area contributed by atoms with E-state index in [9.17, 15) is 19.6 Å². The highest BCUT2D eigenvalue weighted by Crippen LogP contribution is 2.47. The molecule has 2 aliphatic heterocycles. The Labute approximate surface area is 283 Å². The highest BCUT2D eigenvalue weighted by molar-refractivity contribution is 7.23. The summed E-state index contributed by atoms with van der Waals surface area (Å²) in [6.45, 7) is 11.3. The number of ether oxygens (including phenoxy) is 2. The molecule has 1 atom stereocenters. The van der Waals surface area contributed by atoms with Gasteiger partial charge in [-0.1, -0.05) is 17.7 Å². The summed E-state index contributed by atoms with van der Waals surface area (Å²) in [4.78, 5) is 42.7. The number of nitrogens with zero attached hydrogens (tertiary/aromatic N) is 5. The van der Waals surface area contributed by atoms with Gasteiger partial charge in [0.15, 0.2) is 5.15 Å². The average Bonchev–Trinajstić information content (AvgIpc) is 3.51. The third-order valence-electron chi connectivity index (χ3n) is 8.01. The van der Waals surface area contributed by atoms with E-state index < -0.39 is 40.9 Å². The van der Waals surface area contributed by atoms with Crippen LogP contribution in [0.4, 0.5) is 23.4 Å². The number of aromatic nitrogens is 2. The van der Waals surface area contributed by atoms with E-state index in [1.54, 1.807) is 56.0 Å². The van der Waals surface area contributed by atoms with Crippen molar-refractivity contribution < 1.29 is 32.6 Å². The van der Waals surface area contributed by atoms with Crippen LogP contribution in [-0.4, -0.2) is 74.6 Å². The molecule has 4 heterocycles. The lowest BCUT2D eigenvalue weighted by Gasteiger charge is -2.42. The number of rotatable bonds is 2. The number of carbonyl (C=O) groups excluding carboxylic acids is 3. The number of anilines is 1. The summed E-state index contributed by atoms with van der Waals surface area (Å²) >= 11 is 7.52. The molecule has 2 aromatic heterocycles. The number of nitriles is 1. The van der Waals surface area contributed by atoms with E-state index in [0.29, 0.717) is 18.5 Å². The summed E-state index contributed by atoms with van der Waals surface area (Å²) in [5, 5.41) is 17.3. The smallest absolute Gasteiger partial charge is 0.412 e. The number of nitrogens with one attached hydrogen (secondary N) is 1. The zero-order valence-electron chi connectivity index (χ0n) is 27.2. The van der Waals surface area contributed by atoms with Crippen LogP contribution in [0.5, 0.6) is 0 Å². The monoisotopic (exact) mass is 698 g/mol. The summed E-state index contributed by atoms with van der Waals surface area (Å²) in [6.07, 6.45) is -0.890. The van der Waals surface area contributed by atoms with Gasteiger partial charge in [0.2, 0.25) is 0 Å². The van der Waals surface area contributed by atoms with Gasteiger partial charge in [0.25, 0.3) is 5.91 Å². The maximum Gasteiger partial charge on any atom is 0.412 e. The molecular weight excluding hydrogens is 666 g/mol. The van der Waals surface area contributed by atoms with Crippen LogP contribution in [0.15, 0.2) is 18.2 Å². The van der Waals surface area contributed by atoms with Crippen LogP contribution in [-0.2, 0) is 16.0 Å². The van der Waals surface area contributed by atoms with Crippen LogP contribution in [0.1, 0.15) is 63.9 Å². The first-order chi connectivity index (χ1) is 22.5. The summed E-state index contributed by atoms with van der Waals surface area (Å²) < 4.78 is 44.2. The molecule has 3 amide bonds. The molecule has 48 heavy (non-hydrogen) atoms. The second kappa shape index (κ2) is 11.9. The maximum absolute atomic E-state index is 16.5. The first-order valence-electron chi connectivity index (χ1n) is 15.3. The molecule has 0 aliphatic carbocycles. The van der Waals surface area contributed by atoms with Crippen LogP contribution in [0, 0.1) is 23.0 Å². The van der Waals surface area contributed by atoms with Crippen molar-refractivity contribution in [2.45, 2.75) is 71.8 Å². The standard InChI is InChI=1S/C33H33ClF2N6O5S/c1-32(2,3)46-30(44)38-28-19(14-37)22-17(7-8-20(35)26(22)48-28)23-21(36)13-18-25-24(23)27(34)39-42(25)10-9-16-15-40(11-12-41(16)29(18)43)31(45)47-33(4,5)6/h7-8,13,16H,9-12,15H2,1-6H3,(H,38,44)/t16-/m0/s1. The molecule has 4 aromatic rings. The lowest BCUT2D eigenvalue weighted by Crippen LogP contribution is -2.57. The van der Waals surface area contributed by atoms with Crippen molar-refractivity contribution in [1.29, 1.82) is 5.26 Å². The van der Waals surface area contributed by atoms with Gasteiger partial charge in [-0.15, -0.1) is 11.3 Å². The molecule has 0 spiro atoms. The predicted octanol–water partition coefficient (Wildman–Crippen LogP) is 7.53. The van der Waals surface area contributed by atoms with Gasteiger partial charge in [-0.05, 0) is 65.7 Å². The lowest BCUT2D eigenvalue weighted by atomic mass is 9.93. The first-order valence-corrected chi connectivity index (χ1v) is 16.5. The Kier molecular flexibility index (Phi) is 8.28. The average molecular weight is 699 g/mol. The van der Waals surface area contributed by atoms with Gasteiger partial charge in [-0.3, -0.25) is 14.8 Å². The highest BCUT2D eigenvalue weighted by atomic mass is 35.5. The van der Waals surface area contributed by atoms with Gasteiger partial charge >= 0.3 is 12.2 Å². The fraction of sp³-hybridized carbons (Fsp3) is 0.424. The summed E-state index contributed by atoms with van der Waals surface area (Å²) in [7, 11) is 0. The van der Waals surface area contributed by atoms with Crippen molar-refractivity contribution in [1.82, 2.24) is 19.6 Å². The van der Waals surface area contributed by atoms with E-state index in [-0.39, 0.29) is 73.6 Å². The SMILES string of the molecule is CC(C)(C)OC(=O)Nc1sc2c(F)ccc(-c3c(F)cc4c5c3c(Cl)nn5CC[C@H]3CN(C(=O)OC(C)(C)C)CCN3C4=O)c2c1C#N.